The van der Waals surface area contributed by atoms with Crippen LogP contribution in [0.15, 0.2) is 84.9 Å². The molecule has 1 aromatic heterocycles. The zero-order valence-corrected chi connectivity index (χ0v) is 19.2. The SMILES string of the molecule is Clc1ccc(/C=C2\CCCCc3c(-c4ccc(Cl)cc4)cc(-c4ccccc4)nc32)cc1. The zero-order valence-electron chi connectivity index (χ0n) is 17.7. The van der Waals surface area contributed by atoms with E-state index in [9.17, 15) is 0 Å². The van der Waals surface area contributed by atoms with Crippen LogP contribution in [0.2, 0.25) is 10.0 Å². The highest BCUT2D eigenvalue weighted by Gasteiger charge is 2.20. The van der Waals surface area contributed by atoms with Crippen LogP contribution >= 0.6 is 23.2 Å². The van der Waals surface area contributed by atoms with Gasteiger partial charge in [0.1, 0.15) is 0 Å². The van der Waals surface area contributed by atoms with E-state index in [1.807, 2.05) is 30.3 Å². The third kappa shape index (κ3) is 4.50. The summed E-state index contributed by atoms with van der Waals surface area (Å²) < 4.78 is 0. The van der Waals surface area contributed by atoms with E-state index < -0.39 is 0 Å². The van der Waals surface area contributed by atoms with Crippen molar-refractivity contribution in [2.24, 2.45) is 0 Å². The summed E-state index contributed by atoms with van der Waals surface area (Å²) in [5, 5.41) is 1.50. The summed E-state index contributed by atoms with van der Waals surface area (Å²) in [7, 11) is 0. The van der Waals surface area contributed by atoms with Gasteiger partial charge in [0.25, 0.3) is 0 Å². The quantitative estimate of drug-likeness (QED) is 0.280. The van der Waals surface area contributed by atoms with Crippen molar-refractivity contribution in [2.75, 3.05) is 0 Å². The van der Waals surface area contributed by atoms with Gasteiger partial charge in [0, 0.05) is 15.6 Å². The maximum absolute atomic E-state index is 6.19. The van der Waals surface area contributed by atoms with E-state index in [1.54, 1.807) is 0 Å². The lowest BCUT2D eigenvalue weighted by molar-refractivity contribution is 0.772. The van der Waals surface area contributed by atoms with Gasteiger partial charge < -0.3 is 0 Å². The Kier molecular flexibility index (Phi) is 6.12. The van der Waals surface area contributed by atoms with Crippen molar-refractivity contribution in [3.8, 4) is 22.4 Å². The number of nitrogens with zero attached hydrogens (tertiary/aromatic N) is 1. The highest BCUT2D eigenvalue weighted by atomic mass is 35.5. The average molecular weight is 456 g/mol. The molecule has 32 heavy (non-hydrogen) atoms. The highest BCUT2D eigenvalue weighted by molar-refractivity contribution is 6.30. The van der Waals surface area contributed by atoms with E-state index in [-0.39, 0.29) is 0 Å². The van der Waals surface area contributed by atoms with Crippen molar-refractivity contribution in [1.29, 1.82) is 0 Å². The van der Waals surface area contributed by atoms with Gasteiger partial charge >= 0.3 is 0 Å². The Morgan fingerprint density at radius 1 is 0.688 bits per heavy atom. The Labute approximate surface area is 199 Å². The van der Waals surface area contributed by atoms with Gasteiger partial charge in [0.2, 0.25) is 0 Å². The molecular weight excluding hydrogens is 433 g/mol. The molecule has 3 aromatic carbocycles. The fourth-order valence-electron chi connectivity index (χ4n) is 4.37. The van der Waals surface area contributed by atoms with Gasteiger partial charge in [-0.1, -0.05) is 77.8 Å². The Hall–Kier alpha value is -2.87. The molecule has 3 heteroatoms. The number of hydrogen-bond donors (Lipinski definition) is 0. The van der Waals surface area contributed by atoms with Gasteiger partial charge in [0.15, 0.2) is 0 Å². The van der Waals surface area contributed by atoms with Gasteiger partial charge in [-0.2, -0.15) is 0 Å². The van der Waals surface area contributed by atoms with Gasteiger partial charge in [-0.25, -0.2) is 4.98 Å². The molecule has 0 aliphatic heterocycles. The first-order valence-electron chi connectivity index (χ1n) is 11.0. The van der Waals surface area contributed by atoms with Gasteiger partial charge in [-0.05, 0) is 89.9 Å². The lowest BCUT2D eigenvalue weighted by atomic mass is 9.92. The molecule has 0 atom stereocenters. The van der Waals surface area contributed by atoms with E-state index >= 15 is 0 Å². The van der Waals surface area contributed by atoms with Crippen LogP contribution in [0.25, 0.3) is 34.0 Å². The van der Waals surface area contributed by atoms with Crippen LogP contribution in [0.4, 0.5) is 0 Å². The monoisotopic (exact) mass is 455 g/mol. The summed E-state index contributed by atoms with van der Waals surface area (Å²) in [6.07, 6.45) is 6.61. The van der Waals surface area contributed by atoms with E-state index in [4.69, 9.17) is 28.2 Å². The molecule has 0 radical (unpaired) electrons. The largest absolute Gasteiger partial charge is 0.248 e. The number of aromatic nitrogens is 1. The molecule has 1 heterocycles. The molecule has 0 amide bonds. The third-order valence-electron chi connectivity index (χ3n) is 5.99. The Morgan fingerprint density at radius 2 is 1.34 bits per heavy atom. The van der Waals surface area contributed by atoms with Crippen molar-refractivity contribution < 1.29 is 0 Å². The van der Waals surface area contributed by atoms with Gasteiger partial charge in [-0.3, -0.25) is 0 Å². The first-order valence-corrected chi connectivity index (χ1v) is 11.7. The standard InChI is InChI=1S/C29H23Cl2N/c30-24-14-10-20(11-15-24)18-23-8-4-5-9-26-27(21-12-16-25(31)17-13-21)19-28(32-29(23)26)22-6-2-1-3-7-22/h1-3,6-7,10-19H,4-5,8-9H2/b23-18+. The molecule has 1 nitrogen and oxygen atoms in total. The number of benzene rings is 3. The number of hydrogen-bond acceptors (Lipinski definition) is 1. The molecule has 0 fully saturated rings. The third-order valence-corrected chi connectivity index (χ3v) is 6.49. The molecule has 0 N–H and O–H groups in total. The Balaban J connectivity index is 1.73. The maximum Gasteiger partial charge on any atom is 0.0715 e. The van der Waals surface area contributed by atoms with Crippen LogP contribution in [-0.2, 0) is 6.42 Å². The van der Waals surface area contributed by atoms with Crippen molar-refractivity contribution >= 4 is 34.9 Å². The molecule has 4 aromatic rings. The Bertz CT molecular complexity index is 1260. The number of allylic oxidation sites excluding steroid dienone is 1. The second kappa shape index (κ2) is 9.32. The van der Waals surface area contributed by atoms with Gasteiger partial charge in [0.05, 0.1) is 11.4 Å². The average Bonchev–Trinajstić information content (AvgIpc) is 3.03. The molecule has 0 spiro atoms. The molecule has 1 aliphatic carbocycles. The maximum atomic E-state index is 6.19. The minimum absolute atomic E-state index is 0.750. The fourth-order valence-corrected chi connectivity index (χ4v) is 4.62. The second-order valence-corrected chi connectivity index (χ2v) is 9.06. The summed E-state index contributed by atoms with van der Waals surface area (Å²) in [6.45, 7) is 0. The summed E-state index contributed by atoms with van der Waals surface area (Å²) in [4.78, 5) is 5.22. The predicted molar refractivity (Wildman–Crippen MR) is 137 cm³/mol. The topological polar surface area (TPSA) is 12.9 Å². The van der Waals surface area contributed by atoms with E-state index in [2.05, 4.69) is 60.7 Å². The smallest absolute Gasteiger partial charge is 0.0715 e. The highest BCUT2D eigenvalue weighted by Crippen LogP contribution is 2.38. The van der Waals surface area contributed by atoms with Crippen LogP contribution in [0.1, 0.15) is 36.1 Å². The van der Waals surface area contributed by atoms with E-state index in [0.717, 1.165) is 58.2 Å². The normalized spacial score (nSPS) is 14.8. The number of halogens is 2. The summed E-state index contributed by atoms with van der Waals surface area (Å²) >= 11 is 12.3. The molecule has 1 aliphatic rings. The summed E-state index contributed by atoms with van der Waals surface area (Å²) in [5.74, 6) is 0. The molecular formula is C29H23Cl2N. The van der Waals surface area contributed by atoms with Crippen molar-refractivity contribution in [3.63, 3.8) is 0 Å². The van der Waals surface area contributed by atoms with Gasteiger partial charge in [-0.15, -0.1) is 0 Å². The van der Waals surface area contributed by atoms with Crippen LogP contribution in [0.5, 0.6) is 0 Å². The Morgan fingerprint density at radius 3 is 2.06 bits per heavy atom. The first kappa shape index (κ1) is 21.0. The van der Waals surface area contributed by atoms with Crippen LogP contribution < -0.4 is 0 Å². The number of pyridine rings is 1. The summed E-state index contributed by atoms with van der Waals surface area (Å²) in [6, 6.07) is 28.8. The fraction of sp³-hybridized carbons (Fsp3) is 0.138. The zero-order chi connectivity index (χ0) is 21.9. The first-order chi connectivity index (χ1) is 15.7. The molecule has 158 valence electrons. The second-order valence-electron chi connectivity index (χ2n) is 8.18. The lowest BCUT2D eigenvalue weighted by Gasteiger charge is -2.17. The van der Waals surface area contributed by atoms with Crippen molar-refractivity contribution in [3.05, 3.63) is 112 Å². The predicted octanol–water partition coefficient (Wildman–Crippen LogP) is 8.99. The minimum atomic E-state index is 0.750. The molecule has 0 saturated heterocycles. The molecule has 0 saturated carbocycles. The number of fused-ring (bicyclic) bond motifs is 1. The van der Waals surface area contributed by atoms with Crippen LogP contribution in [-0.4, -0.2) is 4.98 Å². The minimum Gasteiger partial charge on any atom is -0.248 e. The summed E-state index contributed by atoms with van der Waals surface area (Å²) in [5.41, 5.74) is 9.42. The van der Waals surface area contributed by atoms with Crippen molar-refractivity contribution in [1.82, 2.24) is 4.98 Å². The molecule has 0 bridgehead atoms. The van der Waals surface area contributed by atoms with Crippen LogP contribution in [0.3, 0.4) is 0 Å². The molecule has 5 rings (SSSR count). The van der Waals surface area contributed by atoms with Crippen LogP contribution in [0, 0.1) is 0 Å². The lowest BCUT2D eigenvalue weighted by Crippen LogP contribution is -2.01. The molecule has 0 unspecified atom stereocenters. The van der Waals surface area contributed by atoms with Crippen molar-refractivity contribution in [2.45, 2.75) is 25.7 Å². The van der Waals surface area contributed by atoms with E-state index in [1.165, 1.54) is 22.3 Å². The van der Waals surface area contributed by atoms with E-state index in [0.29, 0.717) is 0 Å². The number of rotatable bonds is 3.